The van der Waals surface area contributed by atoms with E-state index in [-0.39, 0.29) is 24.5 Å². The molecule has 2 atom stereocenters. The lowest BCUT2D eigenvalue weighted by atomic mass is 9.97. The SMILES string of the molecule is OC[C@@H]1CC[C@@H](Nc2cc(N3CCCCC3)ccn2)CN1c1cccc(F)c1. The highest BCUT2D eigenvalue weighted by atomic mass is 19.1. The van der Waals surface area contributed by atoms with E-state index in [1.54, 1.807) is 12.1 Å². The topological polar surface area (TPSA) is 51.6 Å². The Bertz CT molecular complexity index is 781. The number of pyridine rings is 1. The van der Waals surface area contributed by atoms with Gasteiger partial charge in [-0.15, -0.1) is 0 Å². The Morgan fingerprint density at radius 2 is 1.93 bits per heavy atom. The first-order valence-electron chi connectivity index (χ1n) is 10.3. The van der Waals surface area contributed by atoms with E-state index >= 15 is 0 Å². The van der Waals surface area contributed by atoms with Crippen molar-refractivity contribution in [3.63, 3.8) is 0 Å². The number of anilines is 3. The van der Waals surface area contributed by atoms with Crippen molar-refractivity contribution in [1.82, 2.24) is 4.98 Å². The highest BCUT2D eigenvalue weighted by Gasteiger charge is 2.28. The van der Waals surface area contributed by atoms with Gasteiger partial charge in [0, 0.05) is 49.3 Å². The van der Waals surface area contributed by atoms with E-state index in [9.17, 15) is 9.50 Å². The highest BCUT2D eigenvalue weighted by molar-refractivity contribution is 5.55. The Balaban J connectivity index is 1.46. The number of halogens is 1. The zero-order valence-corrected chi connectivity index (χ0v) is 16.2. The maximum Gasteiger partial charge on any atom is 0.128 e. The van der Waals surface area contributed by atoms with Gasteiger partial charge < -0.3 is 20.2 Å². The normalized spacial score (nSPS) is 22.9. The lowest BCUT2D eigenvalue weighted by Gasteiger charge is -2.41. The Morgan fingerprint density at radius 1 is 1.07 bits per heavy atom. The van der Waals surface area contributed by atoms with Crippen LogP contribution in [0.1, 0.15) is 32.1 Å². The minimum Gasteiger partial charge on any atom is -0.394 e. The lowest BCUT2D eigenvalue weighted by molar-refractivity contribution is 0.237. The quantitative estimate of drug-likeness (QED) is 0.824. The fraction of sp³-hybridized carbons (Fsp3) is 0.500. The van der Waals surface area contributed by atoms with E-state index < -0.39 is 0 Å². The first-order chi connectivity index (χ1) is 13.7. The molecule has 6 heteroatoms. The maximum absolute atomic E-state index is 13.7. The number of aliphatic hydroxyl groups excluding tert-OH is 1. The van der Waals surface area contributed by atoms with Gasteiger partial charge in [0.1, 0.15) is 11.6 Å². The van der Waals surface area contributed by atoms with E-state index in [0.717, 1.165) is 37.4 Å². The third kappa shape index (κ3) is 4.38. The van der Waals surface area contributed by atoms with Gasteiger partial charge in [-0.1, -0.05) is 6.07 Å². The van der Waals surface area contributed by atoms with Gasteiger partial charge in [-0.05, 0) is 56.4 Å². The van der Waals surface area contributed by atoms with Crippen molar-refractivity contribution < 1.29 is 9.50 Å². The van der Waals surface area contributed by atoms with Crippen LogP contribution in [-0.4, -0.2) is 48.4 Å². The monoisotopic (exact) mass is 384 g/mol. The van der Waals surface area contributed by atoms with Gasteiger partial charge in [-0.3, -0.25) is 0 Å². The van der Waals surface area contributed by atoms with E-state index in [0.29, 0.717) is 6.54 Å². The van der Waals surface area contributed by atoms with Crippen molar-refractivity contribution in [3.8, 4) is 0 Å². The Labute approximate surface area is 166 Å². The molecule has 0 spiro atoms. The van der Waals surface area contributed by atoms with E-state index in [1.165, 1.54) is 31.0 Å². The van der Waals surface area contributed by atoms with Crippen molar-refractivity contribution in [3.05, 3.63) is 48.4 Å². The van der Waals surface area contributed by atoms with Gasteiger partial charge in [-0.25, -0.2) is 9.37 Å². The first-order valence-corrected chi connectivity index (χ1v) is 10.3. The molecule has 2 aliphatic rings. The Hall–Kier alpha value is -2.34. The van der Waals surface area contributed by atoms with Crippen LogP contribution in [0.25, 0.3) is 0 Å². The van der Waals surface area contributed by atoms with Gasteiger partial charge >= 0.3 is 0 Å². The molecule has 5 nitrogen and oxygen atoms in total. The minimum absolute atomic E-state index is 0.0208. The number of nitrogens with one attached hydrogen (secondary N) is 1. The van der Waals surface area contributed by atoms with Gasteiger partial charge in [-0.2, -0.15) is 0 Å². The summed E-state index contributed by atoms with van der Waals surface area (Å²) in [5.74, 6) is 0.634. The molecule has 4 rings (SSSR count). The number of aromatic nitrogens is 1. The van der Waals surface area contributed by atoms with E-state index in [4.69, 9.17) is 0 Å². The maximum atomic E-state index is 13.7. The molecule has 2 saturated heterocycles. The first kappa shape index (κ1) is 19.0. The van der Waals surface area contributed by atoms with Crippen LogP contribution >= 0.6 is 0 Å². The van der Waals surface area contributed by atoms with Crippen LogP contribution in [-0.2, 0) is 0 Å². The summed E-state index contributed by atoms with van der Waals surface area (Å²) in [5, 5.41) is 13.3. The van der Waals surface area contributed by atoms with Crippen LogP contribution < -0.4 is 15.1 Å². The predicted molar refractivity (Wildman–Crippen MR) is 112 cm³/mol. The molecule has 3 heterocycles. The number of piperidine rings is 2. The second-order valence-electron chi connectivity index (χ2n) is 7.83. The molecule has 150 valence electrons. The fourth-order valence-electron chi connectivity index (χ4n) is 4.36. The molecular formula is C22H29FN4O. The summed E-state index contributed by atoms with van der Waals surface area (Å²) in [6, 6.07) is 11.1. The highest BCUT2D eigenvalue weighted by Crippen LogP contribution is 2.28. The number of hydrogen-bond donors (Lipinski definition) is 2. The fourth-order valence-corrected chi connectivity index (χ4v) is 4.36. The van der Waals surface area contributed by atoms with E-state index in [2.05, 4.69) is 32.2 Å². The summed E-state index contributed by atoms with van der Waals surface area (Å²) >= 11 is 0. The Kier molecular flexibility index (Phi) is 5.95. The van der Waals surface area contributed by atoms with Crippen LogP contribution in [0, 0.1) is 5.82 Å². The van der Waals surface area contributed by atoms with Crippen LogP contribution in [0.2, 0.25) is 0 Å². The summed E-state index contributed by atoms with van der Waals surface area (Å²) < 4.78 is 13.7. The number of nitrogens with zero attached hydrogens (tertiary/aromatic N) is 3. The number of rotatable bonds is 5. The van der Waals surface area contributed by atoms with Crippen molar-refractivity contribution in [2.24, 2.45) is 0 Å². The number of aliphatic hydroxyl groups is 1. The summed E-state index contributed by atoms with van der Waals surface area (Å²) in [7, 11) is 0. The van der Waals surface area contributed by atoms with Crippen molar-refractivity contribution in [2.75, 3.05) is 41.4 Å². The summed E-state index contributed by atoms with van der Waals surface area (Å²) in [5.41, 5.74) is 2.05. The number of hydrogen-bond acceptors (Lipinski definition) is 5. The lowest BCUT2D eigenvalue weighted by Crippen LogP contribution is -2.50. The zero-order valence-electron chi connectivity index (χ0n) is 16.2. The summed E-state index contributed by atoms with van der Waals surface area (Å²) in [6.07, 6.45) is 7.49. The van der Waals surface area contributed by atoms with Gasteiger partial charge in [0.15, 0.2) is 0 Å². The molecule has 0 radical (unpaired) electrons. The molecular weight excluding hydrogens is 355 g/mol. The standard InChI is InChI=1S/C22H29FN4O/c23-17-5-4-6-20(13-17)27-15-18(7-8-21(27)16-28)25-22-14-19(9-10-24-22)26-11-2-1-3-12-26/h4-6,9-10,13-14,18,21,28H,1-3,7-8,11-12,15-16H2,(H,24,25)/t18-,21+/m1/s1. The molecule has 2 aromatic rings. The minimum atomic E-state index is -0.250. The van der Waals surface area contributed by atoms with E-state index in [1.807, 2.05) is 12.3 Å². The molecule has 0 unspecified atom stereocenters. The van der Waals surface area contributed by atoms with Crippen LogP contribution in [0.15, 0.2) is 42.6 Å². The average molecular weight is 384 g/mol. The third-order valence-electron chi connectivity index (χ3n) is 5.87. The van der Waals surface area contributed by atoms with Crippen LogP contribution in [0.5, 0.6) is 0 Å². The molecule has 1 aromatic carbocycles. The van der Waals surface area contributed by atoms with Gasteiger partial charge in [0.25, 0.3) is 0 Å². The molecule has 0 amide bonds. The smallest absolute Gasteiger partial charge is 0.128 e. The van der Waals surface area contributed by atoms with Gasteiger partial charge in [0.05, 0.1) is 12.6 Å². The largest absolute Gasteiger partial charge is 0.394 e. The second kappa shape index (κ2) is 8.78. The second-order valence-corrected chi connectivity index (χ2v) is 7.83. The molecule has 2 fully saturated rings. The molecule has 0 bridgehead atoms. The predicted octanol–water partition coefficient (Wildman–Crippen LogP) is 3.65. The third-order valence-corrected chi connectivity index (χ3v) is 5.87. The molecule has 1 aromatic heterocycles. The van der Waals surface area contributed by atoms with Gasteiger partial charge in [0.2, 0.25) is 0 Å². The molecule has 2 N–H and O–H groups in total. The molecule has 0 saturated carbocycles. The average Bonchev–Trinajstić information content (AvgIpc) is 2.74. The van der Waals surface area contributed by atoms with Crippen molar-refractivity contribution >= 4 is 17.2 Å². The van der Waals surface area contributed by atoms with Crippen molar-refractivity contribution in [2.45, 2.75) is 44.2 Å². The molecule has 0 aliphatic carbocycles. The molecule has 2 aliphatic heterocycles. The molecule has 28 heavy (non-hydrogen) atoms. The van der Waals surface area contributed by atoms with Crippen LogP contribution in [0.3, 0.4) is 0 Å². The number of benzene rings is 1. The zero-order chi connectivity index (χ0) is 19.3. The summed E-state index contributed by atoms with van der Waals surface area (Å²) in [6.45, 7) is 3.01. The summed E-state index contributed by atoms with van der Waals surface area (Å²) in [4.78, 5) is 9.05. The van der Waals surface area contributed by atoms with Crippen LogP contribution in [0.4, 0.5) is 21.6 Å². The van der Waals surface area contributed by atoms with Crippen molar-refractivity contribution in [1.29, 1.82) is 0 Å². The Morgan fingerprint density at radius 3 is 2.71 bits per heavy atom.